The van der Waals surface area contributed by atoms with Gasteiger partial charge in [0.15, 0.2) is 0 Å². The molecule has 18 heteroatoms. The van der Waals surface area contributed by atoms with Gasteiger partial charge in [0, 0.05) is 124 Å². The topological polar surface area (TPSA) is 241 Å². The van der Waals surface area contributed by atoms with Crippen LogP contribution in [0.15, 0.2) is 222 Å². The average molecular weight is 1670 g/mol. The quantitative estimate of drug-likeness (QED) is 0.0262. The van der Waals surface area contributed by atoms with Crippen LogP contribution in [0.4, 0.5) is 0 Å². The van der Waals surface area contributed by atoms with Gasteiger partial charge in [-0.25, -0.2) is 24.9 Å². The number of carbonyl (C=O) groups excluding carboxylic acids is 4. The highest BCUT2D eigenvalue weighted by Crippen LogP contribution is 2.49. The van der Waals surface area contributed by atoms with E-state index in [0.717, 1.165) is 199 Å². The van der Waals surface area contributed by atoms with E-state index in [1.54, 1.807) is 0 Å². The second-order valence-electron chi connectivity index (χ2n) is 33.8. The van der Waals surface area contributed by atoms with Crippen LogP contribution < -0.4 is 16.0 Å². The van der Waals surface area contributed by atoms with E-state index in [9.17, 15) is 24.3 Å². The first-order valence-electron chi connectivity index (χ1n) is 43.5. The zero-order chi connectivity index (χ0) is 86.8. The molecule has 1 aliphatic carbocycles. The number of aliphatic hydroxyl groups excluding tert-OH is 1. The molecule has 3 unspecified atom stereocenters. The lowest BCUT2D eigenvalue weighted by Crippen LogP contribution is -2.41. The van der Waals surface area contributed by atoms with Gasteiger partial charge in [-0.2, -0.15) is 0 Å². The number of aliphatic hydroxyl groups is 1. The van der Waals surface area contributed by atoms with Gasteiger partial charge in [0.2, 0.25) is 11.8 Å². The Morgan fingerprint density at radius 2 is 1.18 bits per heavy atom. The number of imide groups is 1. The molecule has 2 aromatic heterocycles. The fraction of sp³-hybridized carbons (Fsp3) is 0.355. The van der Waals surface area contributed by atoms with Gasteiger partial charge in [-0.05, 0) is 236 Å². The second kappa shape index (κ2) is 38.7. The van der Waals surface area contributed by atoms with Crippen LogP contribution >= 0.6 is 0 Å². The lowest BCUT2D eigenvalue weighted by Gasteiger charge is -2.27. The van der Waals surface area contributed by atoms with Gasteiger partial charge >= 0.3 is 0 Å². The van der Waals surface area contributed by atoms with Gasteiger partial charge in [0.05, 0.1) is 99.6 Å². The van der Waals surface area contributed by atoms with Crippen LogP contribution in [0.3, 0.4) is 0 Å². The number of aromatic amines is 2. The van der Waals surface area contributed by atoms with Gasteiger partial charge in [-0.1, -0.05) is 152 Å². The number of H-pyrrole nitrogens is 2. The van der Waals surface area contributed by atoms with Crippen LogP contribution in [-0.2, 0) is 45.4 Å². The first-order valence-corrected chi connectivity index (χ1v) is 43.5. The number of nitrogens with zero attached hydrogens (tertiary/aromatic N) is 6. The summed E-state index contributed by atoms with van der Waals surface area (Å²) in [6.45, 7) is 35.4. The normalized spacial score (nSPS) is 18.4. The molecule has 5 atom stereocenters. The Labute approximate surface area is 737 Å². The SMILES string of the molecule is C.C.CC#Cc1cccc(COC(C)C2=C(C)c3cc4[nH]c(c5c6[nH]c(cc7nc(cc2n3)C(C)=C7CC)c(C)c6C(=O)N(CCCC)C5=O)[C@@H](CCC(=O)NCc2ccc(C)cc2)C4C)c1.CC#Cc1cccc(COCC2=C(C)C3=NC2=CC2=NC(=CC4=C(C)C5=C(O)CC(=C6NC(=C3)C(C)[C@@H]6CCC(=O)NCc3ccc(C)cc3)C5=N4)C(CC)=C2C)c1. The molecule has 1 saturated heterocycles. The van der Waals surface area contributed by atoms with Crippen molar-refractivity contribution in [1.29, 1.82) is 0 Å². The van der Waals surface area contributed by atoms with Crippen molar-refractivity contribution in [2.45, 2.75) is 228 Å². The van der Waals surface area contributed by atoms with E-state index in [-0.39, 0.29) is 74.7 Å². The number of nitrogens with one attached hydrogen (secondary N) is 5. The van der Waals surface area contributed by atoms with Crippen molar-refractivity contribution in [2.24, 2.45) is 26.8 Å². The van der Waals surface area contributed by atoms with Crippen molar-refractivity contribution in [2.75, 3.05) is 13.2 Å². The zero-order valence-corrected chi connectivity index (χ0v) is 73.8. The van der Waals surface area contributed by atoms with Crippen molar-refractivity contribution in [3.8, 4) is 23.7 Å². The van der Waals surface area contributed by atoms with E-state index in [1.807, 2.05) is 89.2 Å². The zero-order valence-electron chi connectivity index (χ0n) is 73.8. The average Bonchev–Trinajstić information content (AvgIpc) is 1.58. The molecule has 644 valence electrons. The minimum atomic E-state index is -0.339. The molecular weight excluding hydrogens is 1550 g/mol. The molecule has 1 fully saturated rings. The van der Waals surface area contributed by atoms with Crippen molar-refractivity contribution in [3.05, 3.63) is 302 Å². The molecular formula is C107H119N11O7. The number of benzene rings is 4. The molecule has 16 rings (SSSR count). The van der Waals surface area contributed by atoms with E-state index >= 15 is 0 Å². The summed E-state index contributed by atoms with van der Waals surface area (Å²) in [6, 6.07) is 38.9. The number of rotatable bonds is 23. The van der Waals surface area contributed by atoms with Crippen LogP contribution in [0.2, 0.25) is 0 Å². The molecule has 125 heavy (non-hydrogen) atoms. The molecule has 0 saturated carbocycles. The molecule has 6 N–H and O–H groups in total. The first kappa shape index (κ1) is 90.1. The summed E-state index contributed by atoms with van der Waals surface area (Å²) in [7, 11) is 0. The smallest absolute Gasteiger partial charge is 0.264 e. The molecule has 0 spiro atoms. The predicted octanol–water partition coefficient (Wildman–Crippen LogP) is 22.2. The lowest BCUT2D eigenvalue weighted by molar-refractivity contribution is -0.122. The number of ether oxygens (including phenoxy) is 2. The minimum absolute atomic E-state index is 0. The molecule has 18 nitrogen and oxygen atoms in total. The summed E-state index contributed by atoms with van der Waals surface area (Å²) in [5.41, 5.74) is 34.5. The fourth-order valence-electron chi connectivity index (χ4n) is 18.4. The standard InChI is InChI=1S/C55H60N6O4.C50H51N5O3.2CH4/c1-10-13-24-61-54(63)50-35(8)45-27-46-40(12-3)32(5)42(57-46)28-47-49(36(9)65-30-39-17-14-16-37(25-39)15-11-2)34(7)44(58-47)26-43-33(6)41(52(59-43)51(55(61)64)53(50)60-45)22-23-48(62)56-29-38-20-18-31(4)19-21-38;1-8-11-33-12-10-13-35(20-33)26-58-27-39-31(6)40-22-42-30(5)37(18-19-47(57)51-25-34-16-14-28(3)15-17-34)49(54-42)38-21-46(56)48-32(7)43(55-50(38)48)24-44-36(9-2)29(4)41(52-44)23-45(39)53-40;;/h14,16-21,25-28,33,36,41,59-60H,10,12-13,22-24,29-30H2,1-9H3,(H,56,62);10,12-17,20,22-24,30,37,54,56H,9,18-19,21,25-27H2,1-7H3,(H,51,57);2*1H4/t33?,36?,41-;30?,37-;;/m00../s1. The number of amides is 4. The molecule has 16 bridgehead atoms. The molecule has 4 amide bonds. The summed E-state index contributed by atoms with van der Waals surface area (Å²) in [5.74, 6) is 11.5. The van der Waals surface area contributed by atoms with Gasteiger partial charge in [-0.15, -0.1) is 11.8 Å². The Hall–Kier alpha value is -12.6. The molecule has 4 aromatic carbocycles. The molecule has 11 heterocycles. The Balaban J connectivity index is 0.000000212. The van der Waals surface area contributed by atoms with E-state index in [1.165, 1.54) is 16.0 Å². The number of hydrogen-bond acceptors (Lipinski definition) is 13. The fourth-order valence-corrected chi connectivity index (χ4v) is 18.4. The number of carbonyl (C=O) groups is 4. The summed E-state index contributed by atoms with van der Waals surface area (Å²) in [4.78, 5) is 91.2. The lowest BCUT2D eigenvalue weighted by atomic mass is 9.84. The summed E-state index contributed by atoms with van der Waals surface area (Å²) in [6.07, 6.45) is 11.2. The number of aromatic nitrogens is 4. The van der Waals surface area contributed by atoms with E-state index in [4.69, 9.17) is 34.4 Å². The van der Waals surface area contributed by atoms with Crippen molar-refractivity contribution >= 4 is 74.1 Å². The van der Waals surface area contributed by atoms with E-state index in [0.29, 0.717) is 99.7 Å². The summed E-state index contributed by atoms with van der Waals surface area (Å²) in [5, 5.41) is 21.5. The maximum Gasteiger partial charge on any atom is 0.264 e. The highest BCUT2D eigenvalue weighted by molar-refractivity contribution is 6.24. The Bertz CT molecular complexity index is 6220. The number of fused-ring (bicyclic) bond motifs is 13. The maximum atomic E-state index is 14.9. The third kappa shape index (κ3) is 18.5. The maximum absolute atomic E-state index is 14.9. The minimum Gasteiger partial charge on any atom is -0.511 e. The summed E-state index contributed by atoms with van der Waals surface area (Å²) < 4.78 is 13.1. The highest BCUT2D eigenvalue weighted by Gasteiger charge is 2.44. The monoisotopic (exact) mass is 1670 g/mol. The van der Waals surface area contributed by atoms with Crippen LogP contribution in [0.25, 0.3) is 33.3 Å². The number of unbranched alkanes of at least 4 members (excludes halogenated alkanes) is 1. The molecule has 9 aliphatic heterocycles. The summed E-state index contributed by atoms with van der Waals surface area (Å²) >= 11 is 0. The second-order valence-corrected chi connectivity index (χ2v) is 33.8. The van der Waals surface area contributed by atoms with Crippen molar-refractivity contribution in [3.63, 3.8) is 0 Å². The third-order valence-electron chi connectivity index (χ3n) is 25.7. The van der Waals surface area contributed by atoms with Gasteiger partial charge in [0.25, 0.3) is 11.8 Å². The van der Waals surface area contributed by atoms with Gasteiger partial charge < -0.3 is 40.5 Å². The van der Waals surface area contributed by atoms with E-state index in [2.05, 4.69) is 205 Å². The van der Waals surface area contributed by atoms with Crippen molar-refractivity contribution in [1.82, 2.24) is 40.8 Å². The van der Waals surface area contributed by atoms with Crippen LogP contribution in [0.5, 0.6) is 0 Å². The molecule has 6 aromatic rings. The number of allylic oxidation sites excluding steroid dienone is 14. The highest BCUT2D eigenvalue weighted by atomic mass is 16.5. The van der Waals surface area contributed by atoms with Crippen LogP contribution in [0, 0.1) is 56.3 Å². The Morgan fingerprint density at radius 1 is 0.600 bits per heavy atom. The number of aryl methyl sites for hydroxylation is 3. The van der Waals surface area contributed by atoms with Gasteiger partial charge in [-0.3, -0.25) is 24.1 Å². The van der Waals surface area contributed by atoms with Crippen LogP contribution in [0.1, 0.15) is 279 Å². The predicted molar refractivity (Wildman–Crippen MR) is 506 cm³/mol. The van der Waals surface area contributed by atoms with Crippen LogP contribution in [-0.4, -0.2) is 90.0 Å². The number of aliphatic imine (C=N–C) groups is 3. The van der Waals surface area contributed by atoms with E-state index < -0.39 is 0 Å². The Kier molecular flexibility index (Phi) is 27.9. The Morgan fingerprint density at radius 3 is 1.81 bits per heavy atom. The molecule has 10 aliphatic rings. The molecule has 0 radical (unpaired) electrons. The first-order chi connectivity index (χ1) is 59.3. The third-order valence-corrected chi connectivity index (χ3v) is 25.7. The van der Waals surface area contributed by atoms with Gasteiger partial charge in [0.1, 0.15) is 5.76 Å². The largest absolute Gasteiger partial charge is 0.511 e. The van der Waals surface area contributed by atoms with Crippen molar-refractivity contribution < 1.29 is 33.8 Å². The number of hydrogen-bond donors (Lipinski definition) is 6.